The first-order valence-electron chi connectivity index (χ1n) is 6.59. The Bertz CT molecular complexity index is 610. The average Bonchev–Trinajstić information content (AvgIpc) is 2.96. The van der Waals surface area contributed by atoms with Crippen LogP contribution in [0, 0.1) is 5.41 Å². The minimum absolute atomic E-state index is 0.109. The summed E-state index contributed by atoms with van der Waals surface area (Å²) in [7, 11) is 1.81. The van der Waals surface area contributed by atoms with Crippen LogP contribution in [-0.4, -0.2) is 34.9 Å². The Morgan fingerprint density at radius 1 is 1.43 bits per heavy atom. The smallest absolute Gasteiger partial charge is 0.233 e. The highest BCUT2D eigenvalue weighted by atomic mass is 32.2. The van der Waals surface area contributed by atoms with Gasteiger partial charge in [-0.3, -0.25) is 9.78 Å². The third kappa shape index (κ3) is 3.63. The quantitative estimate of drug-likeness (QED) is 0.845. The third-order valence-electron chi connectivity index (χ3n) is 3.12. The van der Waals surface area contributed by atoms with E-state index in [-0.39, 0.29) is 11.3 Å². The Labute approximate surface area is 133 Å². The molecule has 2 aromatic rings. The van der Waals surface area contributed by atoms with Crippen LogP contribution in [0.1, 0.15) is 13.8 Å². The number of carbonyl (C=O) groups excluding carboxylic acids is 1. The van der Waals surface area contributed by atoms with E-state index >= 15 is 0 Å². The van der Waals surface area contributed by atoms with Crippen molar-refractivity contribution in [1.82, 2.24) is 9.97 Å². The number of carbonyl (C=O) groups is 1. The van der Waals surface area contributed by atoms with Crippen LogP contribution in [0.2, 0.25) is 0 Å². The van der Waals surface area contributed by atoms with Crippen molar-refractivity contribution in [2.24, 2.45) is 5.41 Å². The Kier molecular flexibility index (Phi) is 5.00. The molecule has 0 aliphatic heterocycles. The molecule has 0 unspecified atom stereocenters. The fraction of sp³-hybridized carbons (Fsp3) is 0.400. The SMILES string of the molecule is CSCC(C)(C)C(=O)N(C)c1cnc(-c2cccnc2)s1. The Balaban J connectivity index is 2.20. The number of aromatic nitrogens is 2. The fourth-order valence-electron chi connectivity index (χ4n) is 2.02. The molecule has 0 aliphatic rings. The lowest BCUT2D eigenvalue weighted by Gasteiger charge is -2.27. The van der Waals surface area contributed by atoms with Gasteiger partial charge in [0.2, 0.25) is 5.91 Å². The highest BCUT2D eigenvalue weighted by molar-refractivity contribution is 7.98. The van der Waals surface area contributed by atoms with E-state index in [9.17, 15) is 4.79 Å². The maximum absolute atomic E-state index is 12.6. The number of hydrogen-bond donors (Lipinski definition) is 0. The first-order valence-corrected chi connectivity index (χ1v) is 8.80. The number of hydrogen-bond acceptors (Lipinski definition) is 5. The van der Waals surface area contributed by atoms with Crippen LogP contribution in [0.25, 0.3) is 10.6 Å². The topological polar surface area (TPSA) is 46.1 Å². The maximum Gasteiger partial charge on any atom is 0.233 e. The molecule has 0 spiro atoms. The number of anilines is 1. The van der Waals surface area contributed by atoms with E-state index in [0.717, 1.165) is 21.3 Å². The predicted molar refractivity (Wildman–Crippen MR) is 90.9 cm³/mol. The summed E-state index contributed by atoms with van der Waals surface area (Å²) in [5.74, 6) is 0.906. The lowest BCUT2D eigenvalue weighted by molar-refractivity contribution is -0.125. The van der Waals surface area contributed by atoms with Gasteiger partial charge in [-0.25, -0.2) is 4.98 Å². The van der Waals surface area contributed by atoms with Gasteiger partial charge in [-0.2, -0.15) is 11.8 Å². The van der Waals surface area contributed by atoms with Crippen LogP contribution >= 0.6 is 23.1 Å². The van der Waals surface area contributed by atoms with E-state index < -0.39 is 0 Å². The normalized spacial score (nSPS) is 11.4. The Hall–Kier alpha value is -1.40. The molecule has 0 saturated heterocycles. The van der Waals surface area contributed by atoms with Gasteiger partial charge in [-0.1, -0.05) is 25.2 Å². The van der Waals surface area contributed by atoms with Gasteiger partial charge in [-0.15, -0.1) is 0 Å². The number of pyridine rings is 1. The zero-order chi connectivity index (χ0) is 15.5. The second kappa shape index (κ2) is 6.58. The van der Waals surface area contributed by atoms with Crippen LogP contribution in [0.4, 0.5) is 5.00 Å². The van der Waals surface area contributed by atoms with E-state index in [1.165, 1.54) is 11.3 Å². The summed E-state index contributed by atoms with van der Waals surface area (Å²) < 4.78 is 0. The number of rotatable bonds is 5. The number of thiazole rings is 1. The van der Waals surface area contributed by atoms with Gasteiger partial charge in [0.25, 0.3) is 0 Å². The molecular formula is C15H19N3OS2. The Morgan fingerprint density at radius 2 is 2.19 bits per heavy atom. The monoisotopic (exact) mass is 321 g/mol. The third-order valence-corrected chi connectivity index (χ3v) is 5.25. The summed E-state index contributed by atoms with van der Waals surface area (Å²) in [5.41, 5.74) is 0.588. The molecule has 2 heterocycles. The maximum atomic E-state index is 12.6. The van der Waals surface area contributed by atoms with E-state index in [4.69, 9.17) is 0 Å². The first kappa shape index (κ1) is 16.0. The molecule has 0 fully saturated rings. The number of thioether (sulfide) groups is 1. The average molecular weight is 321 g/mol. The van der Waals surface area contributed by atoms with Crippen molar-refractivity contribution in [2.75, 3.05) is 24.0 Å². The van der Waals surface area contributed by atoms with E-state index in [1.54, 1.807) is 35.3 Å². The zero-order valence-corrected chi connectivity index (χ0v) is 14.3. The standard InChI is InChI=1S/C15H19N3OS2/c1-15(2,10-20-4)14(19)18(3)12-9-17-13(21-12)11-6-5-7-16-8-11/h5-9H,10H2,1-4H3. The summed E-state index contributed by atoms with van der Waals surface area (Å²) >= 11 is 3.19. The molecule has 112 valence electrons. The molecule has 2 rings (SSSR count). The second-order valence-electron chi connectivity index (χ2n) is 5.43. The number of amides is 1. The lowest BCUT2D eigenvalue weighted by atomic mass is 9.94. The lowest BCUT2D eigenvalue weighted by Crippen LogP contribution is -2.39. The van der Waals surface area contributed by atoms with E-state index in [2.05, 4.69) is 9.97 Å². The van der Waals surface area contributed by atoms with E-state index in [1.807, 2.05) is 39.3 Å². The van der Waals surface area contributed by atoms with E-state index in [0.29, 0.717) is 0 Å². The van der Waals surface area contributed by atoms with Crippen molar-refractivity contribution in [2.45, 2.75) is 13.8 Å². The van der Waals surface area contributed by atoms with Gasteiger partial charge in [0.1, 0.15) is 10.0 Å². The van der Waals surface area contributed by atoms with Crippen LogP contribution < -0.4 is 4.90 Å². The van der Waals surface area contributed by atoms with Crippen molar-refractivity contribution in [3.63, 3.8) is 0 Å². The summed E-state index contributed by atoms with van der Waals surface area (Å²) in [5, 5.41) is 1.73. The predicted octanol–water partition coefficient (Wildman–Crippen LogP) is 3.56. The molecule has 0 aromatic carbocycles. The highest BCUT2D eigenvalue weighted by Crippen LogP contribution is 2.32. The Morgan fingerprint density at radius 3 is 2.81 bits per heavy atom. The van der Waals surface area contributed by atoms with Gasteiger partial charge in [0.15, 0.2) is 0 Å². The first-order chi connectivity index (χ1) is 9.95. The summed E-state index contributed by atoms with van der Waals surface area (Å²) in [6.45, 7) is 3.96. The minimum atomic E-state index is -0.382. The van der Waals surface area contributed by atoms with Gasteiger partial charge < -0.3 is 4.90 Å². The minimum Gasteiger partial charge on any atom is -0.305 e. The molecule has 0 saturated carbocycles. The molecule has 0 aliphatic carbocycles. The molecule has 0 radical (unpaired) electrons. The van der Waals surface area contributed by atoms with Gasteiger partial charge in [0.05, 0.1) is 11.6 Å². The molecule has 0 N–H and O–H groups in total. The van der Waals surface area contributed by atoms with Gasteiger partial charge >= 0.3 is 0 Å². The number of nitrogens with zero attached hydrogens (tertiary/aromatic N) is 3. The van der Waals surface area contributed by atoms with Gasteiger partial charge in [-0.05, 0) is 18.4 Å². The second-order valence-corrected chi connectivity index (χ2v) is 7.30. The van der Waals surface area contributed by atoms with Crippen LogP contribution in [0.5, 0.6) is 0 Å². The highest BCUT2D eigenvalue weighted by Gasteiger charge is 2.31. The van der Waals surface area contributed by atoms with Crippen molar-refractivity contribution in [3.8, 4) is 10.6 Å². The van der Waals surface area contributed by atoms with Crippen molar-refractivity contribution in [3.05, 3.63) is 30.7 Å². The molecule has 6 heteroatoms. The van der Waals surface area contributed by atoms with Crippen LogP contribution in [0.15, 0.2) is 30.7 Å². The van der Waals surface area contributed by atoms with Crippen molar-refractivity contribution >= 4 is 34.0 Å². The van der Waals surface area contributed by atoms with Crippen molar-refractivity contribution in [1.29, 1.82) is 0 Å². The zero-order valence-electron chi connectivity index (χ0n) is 12.7. The van der Waals surface area contributed by atoms with Crippen LogP contribution in [0.3, 0.4) is 0 Å². The molecule has 0 bridgehead atoms. The molecule has 4 nitrogen and oxygen atoms in total. The van der Waals surface area contributed by atoms with Crippen molar-refractivity contribution < 1.29 is 4.79 Å². The van der Waals surface area contributed by atoms with Crippen LogP contribution in [-0.2, 0) is 4.79 Å². The van der Waals surface area contributed by atoms with Gasteiger partial charge in [0, 0.05) is 30.8 Å². The molecule has 1 amide bonds. The molecular weight excluding hydrogens is 302 g/mol. The summed E-state index contributed by atoms with van der Waals surface area (Å²) in [6.07, 6.45) is 7.28. The summed E-state index contributed by atoms with van der Waals surface area (Å²) in [4.78, 5) is 22.8. The fourth-order valence-corrected chi connectivity index (χ4v) is 3.73. The summed E-state index contributed by atoms with van der Waals surface area (Å²) in [6, 6.07) is 3.85. The molecule has 21 heavy (non-hydrogen) atoms. The molecule has 0 atom stereocenters. The largest absolute Gasteiger partial charge is 0.305 e. The molecule has 2 aromatic heterocycles.